The predicted molar refractivity (Wildman–Crippen MR) is 62.8 cm³/mol. The third-order valence-corrected chi connectivity index (χ3v) is 1.78. The molecule has 0 aromatic carbocycles. The Morgan fingerprint density at radius 2 is 2.47 bits per heavy atom. The maximum Gasteiger partial charge on any atom is 0.356 e. The van der Waals surface area contributed by atoms with Crippen molar-refractivity contribution in [3.05, 3.63) is 23.5 Å². The van der Waals surface area contributed by atoms with Crippen molar-refractivity contribution >= 4 is 24.1 Å². The van der Waals surface area contributed by atoms with Crippen molar-refractivity contribution in [3.63, 3.8) is 0 Å². The Labute approximate surface area is 97.6 Å². The van der Waals surface area contributed by atoms with Crippen LogP contribution >= 0.6 is 0 Å². The van der Waals surface area contributed by atoms with Gasteiger partial charge in [0.15, 0.2) is 5.69 Å². The molecule has 1 aromatic rings. The molecule has 0 unspecified atom stereocenters. The fourth-order valence-electron chi connectivity index (χ4n) is 1.13. The van der Waals surface area contributed by atoms with Gasteiger partial charge in [-0.3, -0.25) is 5.43 Å². The second-order valence-electron chi connectivity index (χ2n) is 2.99. The molecule has 0 atom stereocenters. The molecule has 1 heterocycles. The number of nitrogens with one attached hydrogen (secondary N) is 2. The summed E-state index contributed by atoms with van der Waals surface area (Å²) in [7, 11) is 1.50. The van der Waals surface area contributed by atoms with E-state index in [4.69, 9.17) is 15.3 Å². The van der Waals surface area contributed by atoms with Gasteiger partial charge in [-0.2, -0.15) is 5.10 Å². The molecule has 7 nitrogen and oxygen atoms in total. The number of hydrogen-bond donors (Lipinski definition) is 3. The fraction of sp³-hybridized carbons (Fsp3) is 0.200. The molecule has 0 radical (unpaired) electrons. The standard InChI is InChI=1S/C10H12N4O3/c1-17-6-7-2-3-8(14-12-5-4-11)9(13-7)10(15)16/h2-5,11,14H,6H2,1H3,(H,15,16)/b11-4?,12-5-. The molecule has 1 rings (SSSR count). The zero-order chi connectivity index (χ0) is 12.7. The first-order valence-electron chi connectivity index (χ1n) is 4.69. The normalized spacial score (nSPS) is 10.4. The number of carboxylic acids is 1. The minimum absolute atomic E-state index is 0.137. The van der Waals surface area contributed by atoms with Crippen LogP contribution in [0.1, 0.15) is 16.2 Å². The third-order valence-electron chi connectivity index (χ3n) is 1.78. The van der Waals surface area contributed by atoms with E-state index in [1.807, 2.05) is 0 Å². The summed E-state index contributed by atoms with van der Waals surface area (Å²) < 4.78 is 4.87. The van der Waals surface area contributed by atoms with E-state index in [9.17, 15) is 4.79 Å². The highest BCUT2D eigenvalue weighted by Gasteiger charge is 2.12. The van der Waals surface area contributed by atoms with Gasteiger partial charge in [0, 0.05) is 13.3 Å². The summed E-state index contributed by atoms with van der Waals surface area (Å²) in [6, 6.07) is 3.18. The van der Waals surface area contributed by atoms with E-state index >= 15 is 0 Å². The van der Waals surface area contributed by atoms with E-state index in [1.165, 1.54) is 13.3 Å². The van der Waals surface area contributed by atoms with Crippen molar-refractivity contribution in [2.24, 2.45) is 5.10 Å². The number of aromatic carboxylic acids is 1. The lowest BCUT2D eigenvalue weighted by Crippen LogP contribution is -2.08. The van der Waals surface area contributed by atoms with E-state index in [0.29, 0.717) is 5.69 Å². The molecule has 1 aromatic heterocycles. The molecular formula is C10H12N4O3. The molecule has 0 saturated carbocycles. The van der Waals surface area contributed by atoms with Crippen molar-refractivity contribution in [1.29, 1.82) is 5.41 Å². The Morgan fingerprint density at radius 3 is 3.06 bits per heavy atom. The van der Waals surface area contributed by atoms with Crippen LogP contribution in [0, 0.1) is 5.41 Å². The highest BCUT2D eigenvalue weighted by molar-refractivity contribution is 6.14. The number of ether oxygens (including phenoxy) is 1. The number of rotatable bonds is 6. The average Bonchev–Trinajstić information content (AvgIpc) is 2.31. The first kappa shape index (κ1) is 12.8. The number of pyridine rings is 1. The molecule has 3 N–H and O–H groups in total. The van der Waals surface area contributed by atoms with Gasteiger partial charge in [0.1, 0.15) is 0 Å². The van der Waals surface area contributed by atoms with Crippen LogP contribution in [0.4, 0.5) is 5.69 Å². The van der Waals surface area contributed by atoms with E-state index in [2.05, 4.69) is 15.5 Å². The van der Waals surface area contributed by atoms with Gasteiger partial charge < -0.3 is 15.3 Å². The van der Waals surface area contributed by atoms with Gasteiger partial charge in [-0.05, 0) is 12.1 Å². The molecular weight excluding hydrogens is 224 g/mol. The van der Waals surface area contributed by atoms with Crippen molar-refractivity contribution in [3.8, 4) is 0 Å². The summed E-state index contributed by atoms with van der Waals surface area (Å²) in [5.74, 6) is -1.16. The number of hydrazone groups is 1. The minimum atomic E-state index is -1.16. The molecule has 0 aliphatic carbocycles. The van der Waals surface area contributed by atoms with Crippen molar-refractivity contribution < 1.29 is 14.6 Å². The summed E-state index contributed by atoms with van der Waals surface area (Å²) >= 11 is 0. The Morgan fingerprint density at radius 1 is 1.71 bits per heavy atom. The number of methoxy groups -OCH3 is 1. The molecule has 0 aliphatic rings. The summed E-state index contributed by atoms with van der Waals surface area (Å²) in [6.07, 6.45) is 2.16. The minimum Gasteiger partial charge on any atom is -0.476 e. The Bertz CT molecular complexity index is 445. The molecule has 0 spiro atoms. The largest absolute Gasteiger partial charge is 0.476 e. The Kier molecular flexibility index (Phi) is 4.77. The summed E-state index contributed by atoms with van der Waals surface area (Å²) in [5, 5.41) is 19.3. The maximum atomic E-state index is 11.0. The van der Waals surface area contributed by atoms with E-state index in [0.717, 1.165) is 6.21 Å². The Hall–Kier alpha value is -2.28. The van der Waals surface area contributed by atoms with E-state index < -0.39 is 5.97 Å². The number of carbonyl (C=O) groups is 1. The maximum absolute atomic E-state index is 11.0. The quantitative estimate of drug-likeness (QED) is 0.504. The van der Waals surface area contributed by atoms with Crippen LogP contribution in [-0.2, 0) is 11.3 Å². The number of carboxylic acid groups (broad SMARTS) is 1. The third kappa shape index (κ3) is 3.65. The first-order valence-corrected chi connectivity index (χ1v) is 4.69. The van der Waals surface area contributed by atoms with Crippen LogP contribution in [-0.4, -0.2) is 35.6 Å². The van der Waals surface area contributed by atoms with Gasteiger partial charge in [-0.15, -0.1) is 0 Å². The van der Waals surface area contributed by atoms with Crippen molar-refractivity contribution in [1.82, 2.24) is 4.98 Å². The molecule has 0 bridgehead atoms. The lowest BCUT2D eigenvalue weighted by molar-refractivity contribution is 0.0690. The molecule has 0 saturated heterocycles. The highest BCUT2D eigenvalue weighted by atomic mass is 16.5. The van der Waals surface area contributed by atoms with Crippen molar-refractivity contribution in [2.75, 3.05) is 12.5 Å². The lowest BCUT2D eigenvalue weighted by atomic mass is 10.2. The van der Waals surface area contributed by atoms with Crippen LogP contribution in [0.3, 0.4) is 0 Å². The highest BCUT2D eigenvalue weighted by Crippen LogP contribution is 2.14. The molecule has 0 fully saturated rings. The number of nitrogens with zero attached hydrogens (tertiary/aromatic N) is 2. The van der Waals surface area contributed by atoms with Gasteiger partial charge in [0.05, 0.1) is 24.2 Å². The van der Waals surface area contributed by atoms with Crippen molar-refractivity contribution in [2.45, 2.75) is 6.61 Å². The molecule has 90 valence electrons. The van der Waals surface area contributed by atoms with Crippen LogP contribution < -0.4 is 5.43 Å². The van der Waals surface area contributed by atoms with Gasteiger partial charge in [-0.25, -0.2) is 9.78 Å². The summed E-state index contributed by atoms with van der Waals surface area (Å²) in [6.45, 7) is 0.240. The first-order chi connectivity index (χ1) is 8.19. The lowest BCUT2D eigenvalue weighted by Gasteiger charge is -2.06. The van der Waals surface area contributed by atoms with Crippen LogP contribution in [0.5, 0.6) is 0 Å². The number of hydrogen-bond acceptors (Lipinski definition) is 6. The van der Waals surface area contributed by atoms with Crippen LogP contribution in [0.25, 0.3) is 0 Å². The van der Waals surface area contributed by atoms with Crippen LogP contribution in [0.2, 0.25) is 0 Å². The molecule has 0 aliphatic heterocycles. The number of anilines is 1. The predicted octanol–water partition coefficient (Wildman–Crippen LogP) is 0.973. The molecule has 17 heavy (non-hydrogen) atoms. The molecule has 7 heteroatoms. The Balaban J connectivity index is 2.99. The summed E-state index contributed by atoms with van der Waals surface area (Å²) in [4.78, 5) is 14.9. The van der Waals surface area contributed by atoms with Gasteiger partial charge in [-0.1, -0.05) is 0 Å². The monoisotopic (exact) mass is 236 g/mol. The zero-order valence-corrected chi connectivity index (χ0v) is 9.17. The SMILES string of the molecule is COCc1ccc(N/N=C\C=N)c(C(=O)O)n1. The number of aromatic nitrogens is 1. The second kappa shape index (κ2) is 6.33. The zero-order valence-electron chi connectivity index (χ0n) is 9.17. The smallest absolute Gasteiger partial charge is 0.356 e. The fourth-order valence-corrected chi connectivity index (χ4v) is 1.13. The van der Waals surface area contributed by atoms with Gasteiger partial charge >= 0.3 is 5.97 Å². The van der Waals surface area contributed by atoms with E-state index in [-0.39, 0.29) is 18.0 Å². The van der Waals surface area contributed by atoms with Crippen LogP contribution in [0.15, 0.2) is 17.2 Å². The summed E-state index contributed by atoms with van der Waals surface area (Å²) in [5.41, 5.74) is 3.14. The van der Waals surface area contributed by atoms with Gasteiger partial charge in [0.25, 0.3) is 0 Å². The topological polar surface area (TPSA) is 108 Å². The average molecular weight is 236 g/mol. The second-order valence-corrected chi connectivity index (χ2v) is 2.99. The van der Waals surface area contributed by atoms with E-state index in [1.54, 1.807) is 12.1 Å². The molecule has 0 amide bonds. The van der Waals surface area contributed by atoms with Gasteiger partial charge in [0.2, 0.25) is 0 Å².